The van der Waals surface area contributed by atoms with Gasteiger partial charge < -0.3 is 15.4 Å². The number of halogens is 1. The second-order valence-electron chi connectivity index (χ2n) is 9.99. The van der Waals surface area contributed by atoms with E-state index < -0.39 is 6.67 Å². The molecule has 1 aliphatic rings. The number of pyridine rings is 2. The fourth-order valence-corrected chi connectivity index (χ4v) is 5.72. The van der Waals surface area contributed by atoms with Crippen LogP contribution in [0.25, 0.3) is 15.3 Å². The first-order chi connectivity index (χ1) is 18.7. The molecule has 12 heteroatoms. The first-order valence-electron chi connectivity index (χ1n) is 12.7. The van der Waals surface area contributed by atoms with Crippen molar-refractivity contribution in [3.8, 4) is 16.3 Å². The first-order valence-corrected chi connectivity index (χ1v) is 13.5. The molecule has 4 aromatic rings. The third kappa shape index (κ3) is 5.76. The van der Waals surface area contributed by atoms with Crippen LogP contribution in [0.3, 0.4) is 0 Å². The number of amides is 2. The quantitative estimate of drug-likeness (QED) is 0.313. The van der Waals surface area contributed by atoms with E-state index in [2.05, 4.69) is 44.4 Å². The number of hydrogen-bond acceptors (Lipinski definition) is 8. The number of thiazole rings is 1. The van der Waals surface area contributed by atoms with Gasteiger partial charge in [-0.05, 0) is 58.4 Å². The third-order valence-electron chi connectivity index (χ3n) is 6.82. The van der Waals surface area contributed by atoms with Gasteiger partial charge >= 0.3 is 0 Å². The molecule has 1 fully saturated rings. The molecular weight excluding hydrogens is 521 g/mol. The number of carbonyl (C=O) groups is 2. The summed E-state index contributed by atoms with van der Waals surface area (Å²) in [7, 11) is 0. The topological polar surface area (TPSA) is 114 Å². The molecular formula is C27H30FN7O3S. The van der Waals surface area contributed by atoms with Gasteiger partial charge in [0.1, 0.15) is 18.1 Å². The minimum atomic E-state index is -0.621. The number of fused-ring (bicyclic) bond motifs is 1. The van der Waals surface area contributed by atoms with Crippen molar-refractivity contribution in [2.75, 3.05) is 37.0 Å². The molecule has 0 aliphatic carbocycles. The zero-order chi connectivity index (χ0) is 27.6. The summed E-state index contributed by atoms with van der Waals surface area (Å²) in [5.41, 5.74) is 2.68. The van der Waals surface area contributed by atoms with Crippen molar-refractivity contribution in [3.05, 3.63) is 54.2 Å². The molecule has 2 amide bonds. The van der Waals surface area contributed by atoms with Crippen LogP contribution in [-0.2, 0) is 4.79 Å². The molecule has 1 aliphatic heterocycles. The van der Waals surface area contributed by atoms with Gasteiger partial charge in [-0.25, -0.2) is 13.9 Å². The van der Waals surface area contributed by atoms with Crippen LogP contribution in [0.1, 0.15) is 42.7 Å². The van der Waals surface area contributed by atoms with Crippen molar-refractivity contribution >= 4 is 39.4 Å². The molecule has 4 aromatic heterocycles. The highest BCUT2D eigenvalue weighted by Crippen LogP contribution is 2.35. The van der Waals surface area contributed by atoms with Gasteiger partial charge in [0, 0.05) is 17.9 Å². The number of hydrogen-bond donors (Lipinski definition) is 2. The maximum atomic E-state index is 13.3. The van der Waals surface area contributed by atoms with Crippen molar-refractivity contribution in [1.82, 2.24) is 24.5 Å². The second kappa shape index (κ2) is 11.1. The summed E-state index contributed by atoms with van der Waals surface area (Å²) in [4.78, 5) is 38.1. The van der Waals surface area contributed by atoms with E-state index in [1.807, 2.05) is 6.07 Å². The zero-order valence-electron chi connectivity index (χ0n) is 22.0. The fourth-order valence-electron chi connectivity index (χ4n) is 4.64. The molecule has 5 rings (SSSR count). The summed E-state index contributed by atoms with van der Waals surface area (Å²) in [5, 5.41) is 10.1. The van der Waals surface area contributed by atoms with Gasteiger partial charge in [-0.1, -0.05) is 0 Å². The Morgan fingerprint density at radius 1 is 1.23 bits per heavy atom. The van der Waals surface area contributed by atoms with Gasteiger partial charge in [0.2, 0.25) is 11.8 Å². The lowest BCUT2D eigenvalue weighted by Gasteiger charge is -2.30. The Bertz CT molecular complexity index is 1520. The number of alkyl halides is 1. The summed E-state index contributed by atoms with van der Waals surface area (Å²) >= 11 is 1.35. The second-order valence-corrected chi connectivity index (χ2v) is 11.0. The number of anilines is 2. The minimum absolute atomic E-state index is 0.000580. The fraction of sp³-hybridized carbons (Fsp3) is 0.370. The molecule has 39 heavy (non-hydrogen) atoms. The number of nitrogens with zero attached hydrogens (tertiary/aromatic N) is 5. The summed E-state index contributed by atoms with van der Waals surface area (Å²) in [6, 6.07) is 5.30. The average molecular weight is 552 g/mol. The maximum Gasteiger partial charge on any atom is 0.260 e. The Morgan fingerprint density at radius 3 is 2.85 bits per heavy atom. The molecule has 0 aromatic carbocycles. The standard InChI is InChI=1S/C27H30FN7O3S/c1-17-21(12-18(13-30-17)32-23(36)16-34-10-5-7-27(34,2)3)33-24(37)20-14-31-35-15-22(39-26(20)35)19-6-4-9-29-25(19)38-11-8-28/h4,6,9,12-15H,5,7-8,10-11,16H2,1-3H3,(H,32,36)(H,33,37). The van der Waals surface area contributed by atoms with E-state index in [-0.39, 0.29) is 24.0 Å². The molecule has 0 unspecified atom stereocenters. The van der Waals surface area contributed by atoms with Crippen LogP contribution in [0, 0.1) is 6.92 Å². The van der Waals surface area contributed by atoms with Gasteiger partial charge in [-0.15, -0.1) is 11.3 Å². The number of carbonyl (C=O) groups excluding carboxylic acids is 2. The van der Waals surface area contributed by atoms with Crippen LogP contribution in [-0.4, -0.2) is 68.2 Å². The molecule has 204 valence electrons. The van der Waals surface area contributed by atoms with Gasteiger partial charge in [-0.3, -0.25) is 19.5 Å². The van der Waals surface area contributed by atoms with Crippen molar-refractivity contribution in [3.63, 3.8) is 0 Å². The van der Waals surface area contributed by atoms with E-state index in [0.717, 1.165) is 24.3 Å². The Balaban J connectivity index is 1.32. The Morgan fingerprint density at radius 2 is 2.08 bits per heavy atom. The number of ether oxygens (including phenoxy) is 1. The van der Waals surface area contributed by atoms with E-state index in [1.165, 1.54) is 17.5 Å². The van der Waals surface area contributed by atoms with E-state index >= 15 is 0 Å². The van der Waals surface area contributed by atoms with E-state index in [0.29, 0.717) is 45.5 Å². The number of aromatic nitrogens is 4. The minimum Gasteiger partial charge on any atom is -0.474 e. The molecule has 0 radical (unpaired) electrons. The smallest absolute Gasteiger partial charge is 0.260 e. The molecule has 0 atom stereocenters. The molecule has 5 heterocycles. The van der Waals surface area contributed by atoms with Crippen LogP contribution in [0.2, 0.25) is 0 Å². The van der Waals surface area contributed by atoms with Gasteiger partial charge in [0.05, 0.1) is 52.0 Å². The molecule has 10 nitrogen and oxygen atoms in total. The molecule has 0 spiro atoms. The molecule has 1 saturated heterocycles. The summed E-state index contributed by atoms with van der Waals surface area (Å²) < 4.78 is 19.7. The lowest BCUT2D eigenvalue weighted by molar-refractivity contribution is -0.118. The van der Waals surface area contributed by atoms with E-state index in [9.17, 15) is 14.0 Å². The molecule has 0 bridgehead atoms. The SMILES string of the molecule is Cc1ncc(NC(=O)CN2CCCC2(C)C)cc1NC(=O)c1cnn2cc(-c3cccnc3OCCF)sc12. The van der Waals surface area contributed by atoms with E-state index in [4.69, 9.17) is 4.74 Å². The predicted molar refractivity (Wildman–Crippen MR) is 148 cm³/mol. The van der Waals surface area contributed by atoms with Crippen LogP contribution >= 0.6 is 11.3 Å². The summed E-state index contributed by atoms with van der Waals surface area (Å²) in [6.07, 6.45) is 8.58. The van der Waals surface area contributed by atoms with Crippen molar-refractivity contribution in [1.29, 1.82) is 0 Å². The average Bonchev–Trinajstić information content (AvgIpc) is 3.59. The predicted octanol–water partition coefficient (Wildman–Crippen LogP) is 4.57. The van der Waals surface area contributed by atoms with Gasteiger partial charge in [0.25, 0.3) is 5.91 Å². The number of likely N-dealkylation sites (tertiary alicyclic amines) is 1. The highest BCUT2D eigenvalue weighted by molar-refractivity contribution is 7.21. The molecule has 2 N–H and O–H groups in total. The van der Waals surface area contributed by atoms with Gasteiger partial charge in [0.15, 0.2) is 0 Å². The summed E-state index contributed by atoms with van der Waals surface area (Å²) in [5.74, 6) is -0.159. The molecule has 0 saturated carbocycles. The zero-order valence-corrected chi connectivity index (χ0v) is 22.8. The van der Waals surface area contributed by atoms with Gasteiger partial charge in [-0.2, -0.15) is 5.10 Å². The lowest BCUT2D eigenvalue weighted by atomic mass is 10.0. The lowest BCUT2D eigenvalue weighted by Crippen LogP contribution is -2.42. The number of aryl methyl sites for hydroxylation is 1. The van der Waals surface area contributed by atoms with Crippen LogP contribution in [0.15, 0.2) is 43.0 Å². The highest BCUT2D eigenvalue weighted by atomic mass is 32.1. The third-order valence-corrected chi connectivity index (χ3v) is 7.96. The van der Waals surface area contributed by atoms with Crippen molar-refractivity contribution in [2.24, 2.45) is 0 Å². The maximum absolute atomic E-state index is 13.3. The van der Waals surface area contributed by atoms with Crippen molar-refractivity contribution < 1.29 is 18.7 Å². The normalized spacial score (nSPS) is 15.0. The largest absolute Gasteiger partial charge is 0.474 e. The summed E-state index contributed by atoms with van der Waals surface area (Å²) in [6.45, 7) is 6.56. The first kappa shape index (κ1) is 26.7. The van der Waals surface area contributed by atoms with E-state index in [1.54, 1.807) is 42.2 Å². The monoisotopic (exact) mass is 551 g/mol. The Kier molecular flexibility index (Phi) is 7.58. The van der Waals surface area contributed by atoms with Crippen LogP contribution in [0.4, 0.5) is 15.8 Å². The van der Waals surface area contributed by atoms with Crippen LogP contribution in [0.5, 0.6) is 5.88 Å². The number of nitrogens with one attached hydrogen (secondary N) is 2. The van der Waals surface area contributed by atoms with Crippen LogP contribution < -0.4 is 15.4 Å². The number of rotatable bonds is 9. The van der Waals surface area contributed by atoms with Crippen molar-refractivity contribution in [2.45, 2.75) is 39.2 Å². The Labute approximate surface area is 229 Å². The Hall–Kier alpha value is -3.90. The highest BCUT2D eigenvalue weighted by Gasteiger charge is 2.33.